The summed E-state index contributed by atoms with van der Waals surface area (Å²) >= 11 is 12.5. The maximum atomic E-state index is 13.5. The van der Waals surface area contributed by atoms with Crippen molar-refractivity contribution in [3.63, 3.8) is 0 Å². The van der Waals surface area contributed by atoms with Crippen LogP contribution in [0.3, 0.4) is 0 Å². The molecule has 2 aromatic heterocycles. The van der Waals surface area contributed by atoms with E-state index in [-0.39, 0.29) is 24.5 Å². The smallest absolute Gasteiger partial charge is 0.317 e. The Hall–Kier alpha value is -3.02. The lowest BCUT2D eigenvalue weighted by atomic mass is 9.73. The van der Waals surface area contributed by atoms with Gasteiger partial charge in [0.05, 0.1) is 28.9 Å². The Bertz CT molecular complexity index is 1420. The number of aromatic nitrogens is 4. The molecule has 1 aliphatic carbocycles. The zero-order chi connectivity index (χ0) is 27.1. The molecule has 2 fully saturated rings. The van der Waals surface area contributed by atoms with E-state index < -0.39 is 22.9 Å². The van der Waals surface area contributed by atoms with Crippen LogP contribution in [0.2, 0.25) is 10.0 Å². The third-order valence-corrected chi connectivity index (χ3v) is 8.47. The van der Waals surface area contributed by atoms with Gasteiger partial charge in [-0.15, -0.1) is 5.10 Å². The molecule has 0 N–H and O–H groups in total. The lowest BCUT2D eigenvalue weighted by Gasteiger charge is -2.43. The zero-order valence-electron chi connectivity index (χ0n) is 21.4. The number of fused-ring (bicyclic) bond motifs is 1. The largest absolute Gasteiger partial charge is 0.458 e. The Labute approximate surface area is 231 Å². The standard InChI is InChI=1S/C28H29Cl2N5O3/c1-27(2,16-31)21-8-7-17(11-22(21)30)9-10-28(18-5-3-4-6-18)13-23(36)20(25(37)38-28)12-24-33-26-32-14-19(29)15-35(26)34-24/h7-8,11,14-15,18,20H,3-6,9-10,12-13H2,1-2H3. The summed E-state index contributed by atoms with van der Waals surface area (Å²) in [4.78, 5) is 35.2. The minimum absolute atomic E-state index is 0.0607. The molecule has 1 aromatic carbocycles. The number of hydrogen-bond acceptors (Lipinski definition) is 7. The Kier molecular flexibility index (Phi) is 7.19. The number of aryl methyl sites for hydroxylation is 1. The van der Waals surface area contributed by atoms with E-state index in [9.17, 15) is 14.9 Å². The monoisotopic (exact) mass is 553 g/mol. The molecule has 0 radical (unpaired) electrons. The number of benzene rings is 1. The SMILES string of the molecule is CC(C)(C#N)c1ccc(CCC2(C3CCCC3)CC(=O)C(Cc3nc4ncc(Cl)cn4n3)C(=O)O2)cc1Cl. The summed E-state index contributed by atoms with van der Waals surface area (Å²) in [7, 11) is 0. The highest BCUT2D eigenvalue weighted by molar-refractivity contribution is 6.31. The molecule has 0 spiro atoms. The van der Waals surface area contributed by atoms with Crippen molar-refractivity contribution in [1.29, 1.82) is 5.26 Å². The normalized spacial score (nSPS) is 22.6. The molecular formula is C28H29Cl2N5O3. The van der Waals surface area contributed by atoms with Crippen LogP contribution in [-0.4, -0.2) is 36.9 Å². The first-order valence-corrected chi connectivity index (χ1v) is 13.7. The molecule has 1 saturated heterocycles. The highest BCUT2D eigenvalue weighted by Crippen LogP contribution is 2.45. The maximum absolute atomic E-state index is 13.5. The van der Waals surface area contributed by atoms with Gasteiger partial charge in [0.15, 0.2) is 11.6 Å². The Morgan fingerprint density at radius 1 is 1.24 bits per heavy atom. The second-order valence-corrected chi connectivity index (χ2v) is 11.8. The van der Waals surface area contributed by atoms with Gasteiger partial charge in [-0.25, -0.2) is 9.50 Å². The van der Waals surface area contributed by atoms with Crippen LogP contribution in [0.5, 0.6) is 0 Å². The molecule has 8 nitrogen and oxygen atoms in total. The van der Waals surface area contributed by atoms with Gasteiger partial charge in [0.1, 0.15) is 11.5 Å². The number of esters is 1. The molecule has 5 rings (SSSR count). The van der Waals surface area contributed by atoms with Gasteiger partial charge in [-0.2, -0.15) is 10.2 Å². The van der Waals surface area contributed by atoms with E-state index in [1.54, 1.807) is 6.20 Å². The summed E-state index contributed by atoms with van der Waals surface area (Å²) in [5, 5.41) is 14.8. The summed E-state index contributed by atoms with van der Waals surface area (Å²) in [6.45, 7) is 3.67. The summed E-state index contributed by atoms with van der Waals surface area (Å²) < 4.78 is 7.66. The molecule has 0 bridgehead atoms. The van der Waals surface area contributed by atoms with Crippen molar-refractivity contribution >= 4 is 40.7 Å². The van der Waals surface area contributed by atoms with Crippen LogP contribution in [0.4, 0.5) is 0 Å². The molecule has 198 valence electrons. The van der Waals surface area contributed by atoms with E-state index >= 15 is 0 Å². The molecule has 2 aliphatic rings. The number of carbonyl (C=O) groups excluding carboxylic acids is 2. The van der Waals surface area contributed by atoms with Crippen LogP contribution in [-0.2, 0) is 32.6 Å². The average molecular weight is 554 g/mol. The number of nitriles is 1. The predicted octanol–water partition coefficient (Wildman–Crippen LogP) is 5.47. The molecule has 1 aliphatic heterocycles. The highest BCUT2D eigenvalue weighted by Gasteiger charge is 2.51. The van der Waals surface area contributed by atoms with Gasteiger partial charge in [-0.3, -0.25) is 9.59 Å². The van der Waals surface area contributed by atoms with Crippen LogP contribution in [0.25, 0.3) is 5.78 Å². The molecule has 3 aromatic rings. The Morgan fingerprint density at radius 3 is 2.68 bits per heavy atom. The van der Waals surface area contributed by atoms with Gasteiger partial charge < -0.3 is 4.74 Å². The van der Waals surface area contributed by atoms with E-state index in [1.807, 2.05) is 32.0 Å². The van der Waals surface area contributed by atoms with Crippen LogP contribution in [0.15, 0.2) is 30.6 Å². The second kappa shape index (κ2) is 10.3. The summed E-state index contributed by atoms with van der Waals surface area (Å²) in [6.07, 6.45) is 8.41. The minimum Gasteiger partial charge on any atom is -0.458 e. The number of halogens is 2. The quantitative estimate of drug-likeness (QED) is 0.281. The van der Waals surface area contributed by atoms with Crippen molar-refractivity contribution in [2.24, 2.45) is 11.8 Å². The van der Waals surface area contributed by atoms with Gasteiger partial charge in [0.2, 0.25) is 0 Å². The van der Waals surface area contributed by atoms with E-state index in [2.05, 4.69) is 21.1 Å². The third kappa shape index (κ3) is 5.14. The third-order valence-electron chi connectivity index (χ3n) is 7.97. The van der Waals surface area contributed by atoms with Gasteiger partial charge in [0, 0.05) is 17.9 Å². The molecule has 0 amide bonds. The number of cyclic esters (lactones) is 1. The fourth-order valence-electron chi connectivity index (χ4n) is 5.79. The van der Waals surface area contributed by atoms with Crippen LogP contribution in [0.1, 0.15) is 69.3 Å². The average Bonchev–Trinajstić information content (AvgIpc) is 3.55. The summed E-state index contributed by atoms with van der Waals surface area (Å²) in [5.74, 6) is -0.755. The molecule has 10 heteroatoms. The number of rotatable bonds is 7. The van der Waals surface area contributed by atoms with Crippen molar-refractivity contribution in [3.8, 4) is 6.07 Å². The fourth-order valence-corrected chi connectivity index (χ4v) is 6.37. The van der Waals surface area contributed by atoms with Gasteiger partial charge >= 0.3 is 5.97 Å². The van der Waals surface area contributed by atoms with Gasteiger partial charge in [-0.05, 0) is 62.6 Å². The Morgan fingerprint density at radius 2 is 2.00 bits per heavy atom. The molecule has 1 saturated carbocycles. The first-order chi connectivity index (χ1) is 18.1. The van der Waals surface area contributed by atoms with E-state index in [4.69, 9.17) is 27.9 Å². The number of ether oxygens (including phenoxy) is 1. The first kappa shape index (κ1) is 26.6. The second-order valence-electron chi connectivity index (χ2n) is 11.0. The lowest BCUT2D eigenvalue weighted by Crippen LogP contribution is -2.52. The first-order valence-electron chi connectivity index (χ1n) is 12.9. The van der Waals surface area contributed by atoms with Gasteiger partial charge in [0.25, 0.3) is 5.78 Å². The highest BCUT2D eigenvalue weighted by atomic mass is 35.5. The number of carbonyl (C=O) groups is 2. The Balaban J connectivity index is 1.34. The van der Waals surface area contributed by atoms with Crippen molar-refractivity contribution < 1.29 is 14.3 Å². The van der Waals surface area contributed by atoms with E-state index in [0.29, 0.717) is 34.5 Å². The van der Waals surface area contributed by atoms with E-state index in [1.165, 1.54) is 10.7 Å². The fraction of sp³-hybridized carbons (Fsp3) is 0.500. The maximum Gasteiger partial charge on any atom is 0.317 e. The number of nitrogens with zero attached hydrogens (tertiary/aromatic N) is 5. The number of Topliss-reactive ketones (excluding diaryl/α,β-unsaturated/α-hetero) is 1. The van der Waals surface area contributed by atoms with E-state index in [0.717, 1.165) is 36.8 Å². The van der Waals surface area contributed by atoms with Crippen molar-refractivity contribution in [2.75, 3.05) is 0 Å². The molecule has 38 heavy (non-hydrogen) atoms. The molecule has 2 unspecified atom stereocenters. The summed E-state index contributed by atoms with van der Waals surface area (Å²) in [5.41, 5.74) is 0.227. The van der Waals surface area contributed by atoms with Crippen LogP contribution in [0, 0.1) is 23.2 Å². The predicted molar refractivity (Wildman–Crippen MR) is 142 cm³/mol. The van der Waals surface area contributed by atoms with Crippen molar-refractivity contribution in [2.45, 2.75) is 76.2 Å². The number of hydrogen-bond donors (Lipinski definition) is 0. The summed E-state index contributed by atoms with van der Waals surface area (Å²) in [6, 6.07) is 8.02. The lowest BCUT2D eigenvalue weighted by molar-refractivity contribution is -0.185. The van der Waals surface area contributed by atoms with Crippen LogP contribution >= 0.6 is 23.2 Å². The van der Waals surface area contributed by atoms with Crippen molar-refractivity contribution in [3.05, 3.63) is 57.6 Å². The number of ketones is 1. The molecular weight excluding hydrogens is 525 g/mol. The molecule has 3 heterocycles. The zero-order valence-corrected chi connectivity index (χ0v) is 22.9. The minimum atomic E-state index is -0.945. The van der Waals surface area contributed by atoms with Crippen LogP contribution < -0.4 is 0 Å². The molecule has 2 atom stereocenters. The van der Waals surface area contributed by atoms with Crippen molar-refractivity contribution in [1.82, 2.24) is 19.6 Å². The topological polar surface area (TPSA) is 110 Å². The van der Waals surface area contributed by atoms with Gasteiger partial charge in [-0.1, -0.05) is 48.2 Å².